The summed E-state index contributed by atoms with van der Waals surface area (Å²) in [5.41, 5.74) is 3.28. The zero-order valence-corrected chi connectivity index (χ0v) is 13.8. The van der Waals surface area contributed by atoms with Crippen LogP contribution in [0.15, 0.2) is 53.6 Å². The van der Waals surface area contributed by atoms with E-state index in [1.807, 2.05) is 48.5 Å². The number of halogens is 1. The molecule has 3 aromatic rings. The van der Waals surface area contributed by atoms with Crippen molar-refractivity contribution in [2.45, 2.75) is 0 Å². The standard InChI is InChI=1S/C17H13ClN2O2S/c1-22-13-8-4-2-6-11(13)10-19-20-17(21)16-15(18)12-7-3-5-9-14(12)23-16/h2-10H,1H3,(H,20,21)/b19-10-. The Balaban J connectivity index is 1.78. The molecule has 1 amide bonds. The number of carbonyl (C=O) groups is 1. The minimum Gasteiger partial charge on any atom is -0.496 e. The first-order valence-corrected chi connectivity index (χ1v) is 8.03. The van der Waals surface area contributed by atoms with E-state index in [9.17, 15) is 4.79 Å². The van der Waals surface area contributed by atoms with Crippen LogP contribution in [0.4, 0.5) is 0 Å². The second-order valence-electron chi connectivity index (χ2n) is 4.68. The zero-order valence-electron chi connectivity index (χ0n) is 12.2. The molecule has 0 aliphatic rings. The van der Waals surface area contributed by atoms with Crippen molar-refractivity contribution < 1.29 is 9.53 Å². The Morgan fingerprint density at radius 2 is 1.96 bits per heavy atom. The topological polar surface area (TPSA) is 50.7 Å². The van der Waals surface area contributed by atoms with Crippen LogP contribution in [0.5, 0.6) is 5.75 Å². The van der Waals surface area contributed by atoms with Crippen LogP contribution in [0.3, 0.4) is 0 Å². The van der Waals surface area contributed by atoms with Gasteiger partial charge in [-0.15, -0.1) is 11.3 Å². The molecule has 3 rings (SSSR count). The summed E-state index contributed by atoms with van der Waals surface area (Å²) in [7, 11) is 1.59. The summed E-state index contributed by atoms with van der Waals surface area (Å²) in [6.45, 7) is 0. The minimum absolute atomic E-state index is 0.331. The Kier molecular flexibility index (Phi) is 4.60. The Bertz CT molecular complexity index is 889. The van der Waals surface area contributed by atoms with Gasteiger partial charge in [-0.1, -0.05) is 41.9 Å². The Hall–Kier alpha value is -2.37. The highest BCUT2D eigenvalue weighted by Gasteiger charge is 2.16. The second-order valence-corrected chi connectivity index (χ2v) is 6.11. The number of methoxy groups -OCH3 is 1. The normalized spacial score (nSPS) is 11.0. The molecule has 0 aliphatic heterocycles. The summed E-state index contributed by atoms with van der Waals surface area (Å²) in [4.78, 5) is 12.7. The van der Waals surface area contributed by atoms with Gasteiger partial charge >= 0.3 is 0 Å². The van der Waals surface area contributed by atoms with Crippen LogP contribution in [-0.2, 0) is 0 Å². The fraction of sp³-hybridized carbons (Fsp3) is 0.0588. The van der Waals surface area contributed by atoms with Gasteiger partial charge in [0.15, 0.2) is 0 Å². The molecule has 0 atom stereocenters. The molecule has 116 valence electrons. The van der Waals surface area contributed by atoms with Gasteiger partial charge in [0.2, 0.25) is 0 Å². The van der Waals surface area contributed by atoms with Gasteiger partial charge in [-0.05, 0) is 18.2 Å². The molecule has 0 saturated heterocycles. The summed E-state index contributed by atoms with van der Waals surface area (Å²) in [6.07, 6.45) is 1.54. The molecule has 0 radical (unpaired) electrons. The van der Waals surface area contributed by atoms with Gasteiger partial charge in [-0.25, -0.2) is 5.43 Å². The average Bonchev–Trinajstić information content (AvgIpc) is 2.92. The second kappa shape index (κ2) is 6.81. The van der Waals surface area contributed by atoms with E-state index >= 15 is 0 Å². The van der Waals surface area contributed by atoms with Gasteiger partial charge in [-0.3, -0.25) is 4.79 Å². The lowest BCUT2D eigenvalue weighted by Crippen LogP contribution is -2.16. The van der Waals surface area contributed by atoms with E-state index in [0.29, 0.717) is 15.6 Å². The molecule has 23 heavy (non-hydrogen) atoms. The van der Waals surface area contributed by atoms with E-state index in [0.717, 1.165) is 15.6 Å². The third kappa shape index (κ3) is 3.21. The lowest BCUT2D eigenvalue weighted by atomic mass is 10.2. The number of thiophene rings is 1. The van der Waals surface area contributed by atoms with Crippen molar-refractivity contribution in [2.75, 3.05) is 7.11 Å². The maximum atomic E-state index is 12.2. The van der Waals surface area contributed by atoms with Gasteiger partial charge < -0.3 is 4.74 Å². The maximum absolute atomic E-state index is 12.2. The van der Waals surface area contributed by atoms with Crippen LogP contribution >= 0.6 is 22.9 Å². The number of para-hydroxylation sites is 1. The number of hydrogen-bond acceptors (Lipinski definition) is 4. The fourth-order valence-electron chi connectivity index (χ4n) is 2.14. The Labute approximate surface area is 142 Å². The van der Waals surface area contributed by atoms with Gasteiger partial charge in [0.05, 0.1) is 18.3 Å². The number of carbonyl (C=O) groups excluding carboxylic acids is 1. The van der Waals surface area contributed by atoms with Crippen LogP contribution in [0, 0.1) is 0 Å². The quantitative estimate of drug-likeness (QED) is 0.565. The number of hydrogen-bond donors (Lipinski definition) is 1. The smallest absolute Gasteiger partial charge is 0.283 e. The third-order valence-corrected chi connectivity index (χ3v) is 4.92. The van der Waals surface area contributed by atoms with Crippen LogP contribution in [0.1, 0.15) is 15.2 Å². The van der Waals surface area contributed by atoms with Gasteiger partial charge in [0, 0.05) is 15.6 Å². The molecule has 1 aromatic heterocycles. The maximum Gasteiger partial charge on any atom is 0.283 e. The van der Waals surface area contributed by atoms with E-state index in [2.05, 4.69) is 10.5 Å². The van der Waals surface area contributed by atoms with E-state index in [4.69, 9.17) is 16.3 Å². The number of amides is 1. The van der Waals surface area contributed by atoms with Crippen molar-refractivity contribution in [1.29, 1.82) is 0 Å². The highest BCUT2D eigenvalue weighted by Crippen LogP contribution is 2.34. The number of nitrogens with one attached hydrogen (secondary N) is 1. The average molecular weight is 345 g/mol. The van der Waals surface area contributed by atoms with Gasteiger partial charge in [0.25, 0.3) is 5.91 Å². The molecule has 0 bridgehead atoms. The van der Waals surface area contributed by atoms with Crippen LogP contribution in [0.25, 0.3) is 10.1 Å². The van der Waals surface area contributed by atoms with Crippen LogP contribution in [-0.4, -0.2) is 19.2 Å². The molecule has 2 aromatic carbocycles. The molecule has 0 saturated carbocycles. The minimum atomic E-state index is -0.331. The van der Waals surface area contributed by atoms with Crippen molar-refractivity contribution in [3.63, 3.8) is 0 Å². The monoisotopic (exact) mass is 344 g/mol. The summed E-state index contributed by atoms with van der Waals surface area (Å²) in [5, 5.41) is 5.31. The highest BCUT2D eigenvalue weighted by molar-refractivity contribution is 7.21. The summed E-state index contributed by atoms with van der Waals surface area (Å²) < 4.78 is 6.19. The molecular formula is C17H13ClN2O2S. The molecule has 0 spiro atoms. The Morgan fingerprint density at radius 1 is 1.22 bits per heavy atom. The number of rotatable bonds is 4. The molecule has 6 heteroatoms. The van der Waals surface area contributed by atoms with E-state index in [-0.39, 0.29) is 5.91 Å². The van der Waals surface area contributed by atoms with E-state index < -0.39 is 0 Å². The Morgan fingerprint density at radius 3 is 2.74 bits per heavy atom. The fourth-order valence-corrected chi connectivity index (χ4v) is 3.55. The van der Waals surface area contributed by atoms with Crippen LogP contribution < -0.4 is 10.2 Å². The first-order valence-electron chi connectivity index (χ1n) is 6.84. The first kappa shape index (κ1) is 15.5. The molecule has 0 aliphatic carbocycles. The largest absolute Gasteiger partial charge is 0.496 e. The highest BCUT2D eigenvalue weighted by atomic mass is 35.5. The first-order chi connectivity index (χ1) is 11.2. The van der Waals surface area contributed by atoms with Gasteiger partial charge in [-0.2, -0.15) is 5.10 Å². The SMILES string of the molecule is COc1ccccc1/C=N\NC(=O)c1sc2ccccc2c1Cl. The van der Waals surface area contributed by atoms with Gasteiger partial charge in [0.1, 0.15) is 10.6 Å². The van der Waals surface area contributed by atoms with Crippen molar-refractivity contribution in [1.82, 2.24) is 5.43 Å². The number of nitrogens with zero attached hydrogens (tertiary/aromatic N) is 1. The molecule has 4 nitrogen and oxygen atoms in total. The van der Waals surface area contributed by atoms with Crippen LogP contribution in [0.2, 0.25) is 5.02 Å². The van der Waals surface area contributed by atoms with Crippen molar-refractivity contribution in [3.05, 3.63) is 64.0 Å². The molecule has 1 N–H and O–H groups in total. The van der Waals surface area contributed by atoms with Crippen molar-refractivity contribution in [3.8, 4) is 5.75 Å². The molecule has 0 fully saturated rings. The predicted molar refractivity (Wildman–Crippen MR) is 94.9 cm³/mol. The lowest BCUT2D eigenvalue weighted by molar-refractivity contribution is 0.0959. The summed E-state index contributed by atoms with van der Waals surface area (Å²) in [6, 6.07) is 15.0. The number of benzene rings is 2. The molecule has 0 unspecified atom stereocenters. The van der Waals surface area contributed by atoms with Crippen molar-refractivity contribution >= 4 is 45.1 Å². The lowest BCUT2D eigenvalue weighted by Gasteiger charge is -2.03. The summed E-state index contributed by atoms with van der Waals surface area (Å²) >= 11 is 7.62. The van der Waals surface area contributed by atoms with E-state index in [1.165, 1.54) is 17.6 Å². The molecular weight excluding hydrogens is 332 g/mol. The zero-order chi connectivity index (χ0) is 16.2. The third-order valence-electron chi connectivity index (χ3n) is 3.25. The number of ether oxygens (including phenoxy) is 1. The summed E-state index contributed by atoms with van der Waals surface area (Å²) in [5.74, 6) is 0.354. The molecule has 1 heterocycles. The van der Waals surface area contributed by atoms with Crippen molar-refractivity contribution in [2.24, 2.45) is 5.10 Å². The van der Waals surface area contributed by atoms with E-state index in [1.54, 1.807) is 7.11 Å². The predicted octanol–water partition coefficient (Wildman–Crippen LogP) is 4.33. The number of fused-ring (bicyclic) bond motifs is 1. The number of hydrazone groups is 1.